The number of hydrogen-bond donors (Lipinski definition) is 0. The lowest BCUT2D eigenvalue weighted by atomic mass is 9.88. The molecule has 0 radical (unpaired) electrons. The number of halogens is 2. The first kappa shape index (κ1) is 19.2. The predicted octanol–water partition coefficient (Wildman–Crippen LogP) is 5.75. The van der Waals surface area contributed by atoms with Gasteiger partial charge in [-0.05, 0) is 51.0 Å². The lowest BCUT2D eigenvalue weighted by Gasteiger charge is -2.32. The van der Waals surface area contributed by atoms with Crippen molar-refractivity contribution in [3.63, 3.8) is 0 Å². The number of nitrogens with zero attached hydrogens (tertiary/aromatic N) is 1. The van der Waals surface area contributed by atoms with E-state index in [0.717, 1.165) is 22.6 Å². The zero-order valence-electron chi connectivity index (χ0n) is 15.2. The second kappa shape index (κ2) is 6.88. The second-order valence-corrected chi connectivity index (χ2v) is 9.64. The van der Waals surface area contributed by atoms with Gasteiger partial charge in [0.05, 0.1) is 0 Å². The maximum Gasteiger partial charge on any atom is 0.410 e. The largest absolute Gasteiger partial charge is 0.444 e. The third-order valence-corrected chi connectivity index (χ3v) is 7.71. The van der Waals surface area contributed by atoms with Crippen LogP contribution in [-0.2, 0) is 11.3 Å². The topological polar surface area (TPSA) is 29.5 Å². The van der Waals surface area contributed by atoms with E-state index in [1.807, 2.05) is 43.9 Å². The highest BCUT2D eigenvalue weighted by molar-refractivity contribution is 9.09. The first-order valence-electron chi connectivity index (χ1n) is 8.92. The van der Waals surface area contributed by atoms with Crippen LogP contribution in [0.5, 0.6) is 0 Å². The SMILES string of the molecule is CC(C)(C)OC(=O)N(Cc1ccccc1)C1CC1(CBr)C1(CBr)CC1. The van der Waals surface area contributed by atoms with Gasteiger partial charge in [0.15, 0.2) is 0 Å². The monoisotopic (exact) mass is 471 g/mol. The fourth-order valence-corrected chi connectivity index (χ4v) is 6.18. The fraction of sp³-hybridized carbons (Fsp3) is 0.650. The van der Waals surface area contributed by atoms with Crippen molar-refractivity contribution in [2.75, 3.05) is 10.7 Å². The van der Waals surface area contributed by atoms with E-state index in [4.69, 9.17) is 4.74 Å². The first-order chi connectivity index (χ1) is 11.8. The zero-order valence-corrected chi connectivity index (χ0v) is 18.4. The van der Waals surface area contributed by atoms with Crippen molar-refractivity contribution in [1.82, 2.24) is 4.90 Å². The summed E-state index contributed by atoms with van der Waals surface area (Å²) in [6, 6.07) is 10.4. The number of amides is 1. The molecule has 2 saturated carbocycles. The summed E-state index contributed by atoms with van der Waals surface area (Å²) in [6.07, 6.45) is 3.34. The van der Waals surface area contributed by atoms with Crippen molar-refractivity contribution in [3.05, 3.63) is 35.9 Å². The second-order valence-electron chi connectivity index (χ2n) is 8.52. The molecular formula is C20H27Br2NO2. The molecule has 2 unspecified atom stereocenters. The van der Waals surface area contributed by atoms with Crippen molar-refractivity contribution in [2.24, 2.45) is 10.8 Å². The molecule has 25 heavy (non-hydrogen) atoms. The van der Waals surface area contributed by atoms with Gasteiger partial charge in [0.2, 0.25) is 0 Å². The molecule has 0 spiro atoms. The Kier molecular flexibility index (Phi) is 5.29. The fourth-order valence-electron chi connectivity index (χ4n) is 3.87. The average molecular weight is 473 g/mol. The smallest absolute Gasteiger partial charge is 0.410 e. The Bertz CT molecular complexity index is 624. The molecule has 0 aliphatic heterocycles. The molecule has 0 saturated heterocycles. The van der Waals surface area contributed by atoms with Gasteiger partial charge in [0.25, 0.3) is 0 Å². The van der Waals surface area contributed by atoms with Gasteiger partial charge in [-0.25, -0.2) is 4.79 Å². The average Bonchev–Trinajstić information content (AvgIpc) is 3.45. The molecule has 1 amide bonds. The maximum absolute atomic E-state index is 13.0. The van der Waals surface area contributed by atoms with Crippen LogP contribution in [0.1, 0.15) is 45.6 Å². The minimum atomic E-state index is -0.481. The van der Waals surface area contributed by atoms with Gasteiger partial charge in [-0.3, -0.25) is 0 Å². The van der Waals surface area contributed by atoms with Crippen LogP contribution in [0.25, 0.3) is 0 Å². The van der Waals surface area contributed by atoms with E-state index in [1.165, 1.54) is 12.8 Å². The number of carbonyl (C=O) groups excluding carboxylic acids is 1. The Morgan fingerprint density at radius 3 is 2.32 bits per heavy atom. The van der Waals surface area contributed by atoms with Gasteiger partial charge >= 0.3 is 6.09 Å². The summed E-state index contributed by atoms with van der Waals surface area (Å²) in [5.74, 6) is 0. The molecule has 2 aliphatic carbocycles. The predicted molar refractivity (Wildman–Crippen MR) is 108 cm³/mol. The maximum atomic E-state index is 13.0. The minimum absolute atomic E-state index is 0.169. The molecule has 0 bridgehead atoms. The lowest BCUT2D eigenvalue weighted by Crippen LogP contribution is -2.42. The van der Waals surface area contributed by atoms with Crippen molar-refractivity contribution >= 4 is 38.0 Å². The zero-order chi connectivity index (χ0) is 18.3. The van der Waals surface area contributed by atoms with E-state index >= 15 is 0 Å². The molecule has 1 aromatic carbocycles. The Balaban J connectivity index is 1.83. The Morgan fingerprint density at radius 1 is 1.20 bits per heavy atom. The number of benzene rings is 1. The van der Waals surface area contributed by atoms with Crippen LogP contribution in [0.4, 0.5) is 4.79 Å². The van der Waals surface area contributed by atoms with Crippen molar-refractivity contribution in [2.45, 2.75) is 58.2 Å². The number of carbonyl (C=O) groups is 1. The normalized spacial score (nSPS) is 26.8. The van der Waals surface area contributed by atoms with E-state index in [9.17, 15) is 4.79 Å². The number of rotatable bonds is 6. The Hall–Kier alpha value is -0.550. The van der Waals surface area contributed by atoms with Crippen molar-refractivity contribution in [1.29, 1.82) is 0 Å². The van der Waals surface area contributed by atoms with Gasteiger partial charge in [0.1, 0.15) is 5.60 Å². The highest BCUT2D eigenvalue weighted by Gasteiger charge is 2.72. The summed E-state index contributed by atoms with van der Waals surface area (Å²) in [6.45, 7) is 6.39. The minimum Gasteiger partial charge on any atom is -0.444 e. The van der Waals surface area contributed by atoms with Crippen LogP contribution in [-0.4, -0.2) is 33.3 Å². The highest BCUT2D eigenvalue weighted by Crippen LogP contribution is 2.72. The van der Waals surface area contributed by atoms with Crippen LogP contribution in [0.15, 0.2) is 30.3 Å². The molecule has 138 valence electrons. The molecule has 0 N–H and O–H groups in total. The molecule has 2 fully saturated rings. The number of alkyl halides is 2. The Morgan fingerprint density at radius 2 is 1.84 bits per heavy atom. The van der Waals surface area contributed by atoms with E-state index in [2.05, 4.69) is 44.0 Å². The first-order valence-corrected chi connectivity index (χ1v) is 11.2. The van der Waals surface area contributed by atoms with Crippen LogP contribution in [0.2, 0.25) is 0 Å². The summed E-state index contributed by atoms with van der Waals surface area (Å²) in [5.41, 5.74) is 1.16. The summed E-state index contributed by atoms with van der Waals surface area (Å²) in [4.78, 5) is 14.9. The van der Waals surface area contributed by atoms with Gasteiger partial charge in [-0.15, -0.1) is 0 Å². The quantitative estimate of drug-likeness (QED) is 0.493. The Labute approximate surface area is 167 Å². The van der Waals surface area contributed by atoms with Crippen LogP contribution in [0.3, 0.4) is 0 Å². The number of hydrogen-bond acceptors (Lipinski definition) is 2. The molecule has 5 heteroatoms. The third-order valence-electron chi connectivity index (χ3n) is 5.64. The lowest BCUT2D eigenvalue weighted by molar-refractivity contribution is 0.0177. The van der Waals surface area contributed by atoms with Gasteiger partial charge in [-0.1, -0.05) is 62.2 Å². The highest BCUT2D eigenvalue weighted by atomic mass is 79.9. The van der Waals surface area contributed by atoms with E-state index < -0.39 is 5.60 Å². The molecular weight excluding hydrogens is 446 g/mol. The van der Waals surface area contributed by atoms with E-state index in [0.29, 0.717) is 12.0 Å². The standard InChI is InChI=1S/C20H27Br2NO2/c1-18(2,3)25-17(24)23(12-15-7-5-4-6-8-15)16-11-20(16,14-22)19(13-21)9-10-19/h4-8,16H,9-14H2,1-3H3. The molecule has 2 aliphatic rings. The van der Waals surface area contributed by atoms with Gasteiger partial charge < -0.3 is 9.64 Å². The molecule has 3 rings (SSSR count). The molecule has 0 aromatic heterocycles. The van der Waals surface area contributed by atoms with Crippen molar-refractivity contribution < 1.29 is 9.53 Å². The van der Waals surface area contributed by atoms with E-state index in [1.54, 1.807) is 0 Å². The molecule has 3 nitrogen and oxygen atoms in total. The summed E-state index contributed by atoms with van der Waals surface area (Å²) in [7, 11) is 0. The van der Waals surface area contributed by atoms with E-state index in [-0.39, 0.29) is 17.6 Å². The van der Waals surface area contributed by atoms with Crippen molar-refractivity contribution in [3.8, 4) is 0 Å². The summed E-state index contributed by atoms with van der Waals surface area (Å²) >= 11 is 7.48. The molecule has 0 heterocycles. The molecule has 2 atom stereocenters. The van der Waals surface area contributed by atoms with Crippen LogP contribution in [0, 0.1) is 10.8 Å². The van der Waals surface area contributed by atoms with Crippen LogP contribution < -0.4 is 0 Å². The van der Waals surface area contributed by atoms with Gasteiger partial charge in [0, 0.05) is 28.7 Å². The summed E-state index contributed by atoms with van der Waals surface area (Å²) in [5, 5.41) is 1.94. The molecule has 1 aromatic rings. The van der Waals surface area contributed by atoms with Gasteiger partial charge in [-0.2, -0.15) is 0 Å². The summed E-state index contributed by atoms with van der Waals surface area (Å²) < 4.78 is 5.74. The number of ether oxygens (including phenoxy) is 1. The third kappa shape index (κ3) is 3.78. The van der Waals surface area contributed by atoms with Crippen LogP contribution >= 0.6 is 31.9 Å².